The number of aliphatic hydroxyl groups excluding tert-OH is 1. The van der Waals surface area contributed by atoms with Gasteiger partial charge in [0.25, 0.3) is 0 Å². The van der Waals surface area contributed by atoms with Gasteiger partial charge in [0.2, 0.25) is 0 Å². The van der Waals surface area contributed by atoms with E-state index in [4.69, 9.17) is 0 Å². The average molecular weight is 397 g/mol. The minimum absolute atomic E-state index is 0.116. The molecule has 0 saturated heterocycles. The van der Waals surface area contributed by atoms with Crippen molar-refractivity contribution in [2.24, 2.45) is 46.3 Å². The lowest BCUT2D eigenvalue weighted by Crippen LogP contribution is -2.46. The van der Waals surface area contributed by atoms with Gasteiger partial charge >= 0.3 is 0 Å². The SMILES string of the molecule is CC(C)[C@@H](C)/C=C/[C@@H](C)[C@H]1CC[C@H]2C3=CC=C4C[C@H](O)CC[C@]4(C)[C@H]3CC[C@]12C. The molecular weight excluding hydrogens is 352 g/mol. The molecule has 0 bridgehead atoms. The van der Waals surface area contributed by atoms with E-state index in [9.17, 15) is 5.11 Å². The van der Waals surface area contributed by atoms with Gasteiger partial charge < -0.3 is 5.11 Å². The lowest BCUT2D eigenvalue weighted by atomic mass is 9.50. The molecular formula is C28H44O. The largest absolute Gasteiger partial charge is 0.393 e. The molecule has 0 heterocycles. The highest BCUT2D eigenvalue weighted by molar-refractivity contribution is 5.39. The minimum atomic E-state index is -0.116. The van der Waals surface area contributed by atoms with Gasteiger partial charge in [0, 0.05) is 0 Å². The number of hydrogen-bond donors (Lipinski definition) is 1. The second-order valence-corrected chi connectivity index (χ2v) is 11.9. The molecule has 0 aromatic carbocycles. The molecule has 0 spiro atoms. The highest BCUT2D eigenvalue weighted by Gasteiger charge is 2.56. The highest BCUT2D eigenvalue weighted by Crippen LogP contribution is 2.65. The van der Waals surface area contributed by atoms with E-state index < -0.39 is 0 Å². The number of hydrogen-bond acceptors (Lipinski definition) is 1. The smallest absolute Gasteiger partial charge is 0.0578 e. The first kappa shape index (κ1) is 21.4. The Kier molecular flexibility index (Phi) is 5.69. The van der Waals surface area contributed by atoms with Gasteiger partial charge in [-0.1, -0.05) is 77.0 Å². The van der Waals surface area contributed by atoms with E-state index in [2.05, 4.69) is 65.8 Å². The van der Waals surface area contributed by atoms with E-state index >= 15 is 0 Å². The molecule has 162 valence electrons. The van der Waals surface area contributed by atoms with Gasteiger partial charge in [0.15, 0.2) is 0 Å². The van der Waals surface area contributed by atoms with Crippen LogP contribution >= 0.6 is 0 Å². The van der Waals surface area contributed by atoms with Crippen molar-refractivity contribution in [3.8, 4) is 0 Å². The van der Waals surface area contributed by atoms with Crippen molar-refractivity contribution in [3.63, 3.8) is 0 Å². The third kappa shape index (κ3) is 3.50. The summed E-state index contributed by atoms with van der Waals surface area (Å²) in [5.41, 5.74) is 4.07. The van der Waals surface area contributed by atoms with Crippen molar-refractivity contribution < 1.29 is 5.11 Å². The molecule has 1 N–H and O–H groups in total. The van der Waals surface area contributed by atoms with Crippen molar-refractivity contribution in [1.82, 2.24) is 0 Å². The maximum atomic E-state index is 10.2. The Hall–Kier alpha value is -0.820. The number of allylic oxidation sites excluding steroid dienone is 5. The predicted molar refractivity (Wildman–Crippen MR) is 123 cm³/mol. The molecule has 4 rings (SSSR count). The Bertz CT molecular complexity index is 712. The Morgan fingerprint density at radius 3 is 2.41 bits per heavy atom. The highest BCUT2D eigenvalue weighted by atomic mass is 16.3. The third-order valence-electron chi connectivity index (χ3n) is 10.0. The second-order valence-electron chi connectivity index (χ2n) is 11.9. The van der Waals surface area contributed by atoms with Gasteiger partial charge in [-0.3, -0.25) is 0 Å². The summed E-state index contributed by atoms with van der Waals surface area (Å²) < 4.78 is 0. The van der Waals surface area contributed by atoms with E-state index in [-0.39, 0.29) is 6.10 Å². The standard InChI is InChI=1S/C28H44O/c1-18(2)19(3)7-8-20(4)24-11-12-25-23-10-9-21-17-22(29)13-15-27(21,5)26(23)14-16-28(24,25)6/h7-10,18-20,22,24-26,29H,11-17H2,1-6H3/b8-7+/t19-,20+,22+,24+,25-,26-,27-,28+/m0/s1. The van der Waals surface area contributed by atoms with Crippen LogP contribution in [0.15, 0.2) is 35.5 Å². The molecule has 0 aliphatic heterocycles. The van der Waals surface area contributed by atoms with Gasteiger partial charge in [-0.25, -0.2) is 0 Å². The van der Waals surface area contributed by atoms with Crippen LogP contribution in [-0.4, -0.2) is 11.2 Å². The van der Waals surface area contributed by atoms with Crippen molar-refractivity contribution >= 4 is 0 Å². The molecule has 3 fully saturated rings. The Morgan fingerprint density at radius 2 is 1.69 bits per heavy atom. The fourth-order valence-corrected chi connectivity index (χ4v) is 7.59. The van der Waals surface area contributed by atoms with Crippen LogP contribution in [0, 0.1) is 46.3 Å². The molecule has 3 saturated carbocycles. The van der Waals surface area contributed by atoms with Crippen LogP contribution in [-0.2, 0) is 0 Å². The summed E-state index contributed by atoms with van der Waals surface area (Å²) in [5, 5.41) is 10.2. The first-order valence-corrected chi connectivity index (χ1v) is 12.4. The van der Waals surface area contributed by atoms with Gasteiger partial charge in [0.1, 0.15) is 0 Å². The zero-order valence-corrected chi connectivity index (χ0v) is 19.7. The minimum Gasteiger partial charge on any atom is -0.393 e. The predicted octanol–water partition coefficient (Wildman–Crippen LogP) is 7.33. The van der Waals surface area contributed by atoms with Crippen LogP contribution < -0.4 is 0 Å². The maximum absolute atomic E-state index is 10.2. The zero-order chi connectivity index (χ0) is 21.0. The van der Waals surface area contributed by atoms with Crippen LogP contribution in [0.5, 0.6) is 0 Å². The molecule has 0 aromatic heterocycles. The normalized spacial score (nSPS) is 44.0. The van der Waals surface area contributed by atoms with Crippen LogP contribution in [0.4, 0.5) is 0 Å². The molecule has 0 amide bonds. The van der Waals surface area contributed by atoms with Gasteiger partial charge in [0.05, 0.1) is 6.10 Å². The average Bonchev–Trinajstić information content (AvgIpc) is 3.03. The van der Waals surface area contributed by atoms with E-state index in [1.165, 1.54) is 37.7 Å². The Balaban J connectivity index is 1.57. The van der Waals surface area contributed by atoms with Gasteiger partial charge in [-0.2, -0.15) is 0 Å². The lowest BCUT2D eigenvalue weighted by molar-refractivity contribution is 0.0382. The Morgan fingerprint density at radius 1 is 0.931 bits per heavy atom. The molecule has 0 aromatic rings. The first-order chi connectivity index (χ1) is 13.7. The van der Waals surface area contributed by atoms with Gasteiger partial charge in [-0.05, 0) is 91.3 Å². The number of aliphatic hydroxyl groups is 1. The summed E-state index contributed by atoms with van der Waals surface area (Å²) >= 11 is 0. The summed E-state index contributed by atoms with van der Waals surface area (Å²) in [6.07, 6.45) is 18.4. The molecule has 4 aliphatic carbocycles. The molecule has 4 aliphatic rings. The molecule has 0 radical (unpaired) electrons. The fraction of sp³-hybridized carbons (Fsp3) is 0.786. The molecule has 8 atom stereocenters. The zero-order valence-electron chi connectivity index (χ0n) is 19.7. The van der Waals surface area contributed by atoms with E-state index in [1.54, 1.807) is 5.57 Å². The van der Waals surface area contributed by atoms with Crippen molar-refractivity contribution in [1.29, 1.82) is 0 Å². The fourth-order valence-electron chi connectivity index (χ4n) is 7.59. The summed E-state index contributed by atoms with van der Waals surface area (Å²) in [7, 11) is 0. The summed E-state index contributed by atoms with van der Waals surface area (Å²) in [6.45, 7) is 14.6. The third-order valence-corrected chi connectivity index (χ3v) is 10.0. The number of fused-ring (bicyclic) bond motifs is 5. The number of rotatable bonds is 4. The monoisotopic (exact) mass is 396 g/mol. The summed E-state index contributed by atoms with van der Waals surface area (Å²) in [5.74, 6) is 4.38. The maximum Gasteiger partial charge on any atom is 0.0578 e. The topological polar surface area (TPSA) is 20.2 Å². The summed E-state index contributed by atoms with van der Waals surface area (Å²) in [4.78, 5) is 0. The van der Waals surface area contributed by atoms with E-state index in [1.807, 2.05) is 0 Å². The van der Waals surface area contributed by atoms with Crippen molar-refractivity contribution in [2.75, 3.05) is 0 Å². The molecule has 0 unspecified atom stereocenters. The van der Waals surface area contributed by atoms with Crippen molar-refractivity contribution in [3.05, 3.63) is 35.5 Å². The quantitative estimate of drug-likeness (QED) is 0.493. The van der Waals surface area contributed by atoms with Crippen LogP contribution in [0.2, 0.25) is 0 Å². The van der Waals surface area contributed by atoms with Crippen LogP contribution in [0.1, 0.15) is 86.5 Å². The van der Waals surface area contributed by atoms with Crippen molar-refractivity contribution in [2.45, 2.75) is 92.6 Å². The molecule has 29 heavy (non-hydrogen) atoms. The first-order valence-electron chi connectivity index (χ1n) is 12.4. The summed E-state index contributed by atoms with van der Waals surface area (Å²) in [6, 6.07) is 0. The molecule has 1 heteroatoms. The van der Waals surface area contributed by atoms with E-state index in [0.717, 1.165) is 36.5 Å². The van der Waals surface area contributed by atoms with Crippen LogP contribution in [0.3, 0.4) is 0 Å². The van der Waals surface area contributed by atoms with E-state index in [0.29, 0.717) is 22.7 Å². The lowest BCUT2D eigenvalue weighted by Gasteiger charge is -2.55. The Labute approximate surface area is 179 Å². The molecule has 1 nitrogen and oxygen atoms in total. The van der Waals surface area contributed by atoms with Crippen LogP contribution in [0.25, 0.3) is 0 Å². The second kappa shape index (κ2) is 7.70. The van der Waals surface area contributed by atoms with Gasteiger partial charge in [-0.15, -0.1) is 0 Å².